The van der Waals surface area contributed by atoms with Crippen molar-refractivity contribution in [1.29, 1.82) is 0 Å². The van der Waals surface area contributed by atoms with Crippen LogP contribution in [0.4, 0.5) is 5.69 Å². The molecule has 20 heavy (non-hydrogen) atoms. The minimum absolute atomic E-state index is 0.0657. The molecule has 0 saturated carbocycles. The first-order valence-electron chi connectivity index (χ1n) is 7.52. The Hall–Kier alpha value is -1.39. The Kier molecular flexibility index (Phi) is 5.56. The van der Waals surface area contributed by atoms with Crippen molar-refractivity contribution in [2.45, 2.75) is 26.2 Å². The second-order valence-corrected chi connectivity index (χ2v) is 5.58. The van der Waals surface area contributed by atoms with E-state index in [4.69, 9.17) is 5.73 Å². The van der Waals surface area contributed by atoms with Gasteiger partial charge in [-0.15, -0.1) is 0 Å². The van der Waals surface area contributed by atoms with Crippen LogP contribution in [0.3, 0.4) is 0 Å². The molecule has 1 heterocycles. The van der Waals surface area contributed by atoms with Crippen LogP contribution in [0.5, 0.6) is 0 Å². The summed E-state index contributed by atoms with van der Waals surface area (Å²) >= 11 is 0. The van der Waals surface area contributed by atoms with Gasteiger partial charge >= 0.3 is 0 Å². The summed E-state index contributed by atoms with van der Waals surface area (Å²) in [7, 11) is 0. The molecule has 4 nitrogen and oxygen atoms in total. The fraction of sp³-hybridized carbons (Fsp3) is 0.562. The third-order valence-corrected chi connectivity index (χ3v) is 3.92. The van der Waals surface area contributed by atoms with Gasteiger partial charge in [-0.05, 0) is 56.0 Å². The first-order valence-corrected chi connectivity index (χ1v) is 7.52. The van der Waals surface area contributed by atoms with Crippen LogP contribution in [-0.4, -0.2) is 37.0 Å². The Morgan fingerprint density at radius 3 is 3.10 bits per heavy atom. The minimum Gasteiger partial charge on any atom is -0.330 e. The second-order valence-electron chi connectivity index (χ2n) is 5.58. The van der Waals surface area contributed by atoms with E-state index in [0.29, 0.717) is 12.5 Å². The van der Waals surface area contributed by atoms with Gasteiger partial charge in [0.05, 0.1) is 6.54 Å². The van der Waals surface area contributed by atoms with Gasteiger partial charge in [-0.25, -0.2) is 0 Å². The lowest BCUT2D eigenvalue weighted by Crippen LogP contribution is -2.42. The molecule has 2 rings (SSSR count). The largest absolute Gasteiger partial charge is 0.330 e. The smallest absolute Gasteiger partial charge is 0.238 e. The highest BCUT2D eigenvalue weighted by molar-refractivity contribution is 5.92. The Morgan fingerprint density at radius 1 is 1.50 bits per heavy atom. The highest BCUT2D eigenvalue weighted by Crippen LogP contribution is 2.15. The number of hydrogen-bond donors (Lipinski definition) is 2. The van der Waals surface area contributed by atoms with Crippen LogP contribution in [0.2, 0.25) is 0 Å². The van der Waals surface area contributed by atoms with Crippen LogP contribution in [0.15, 0.2) is 24.3 Å². The molecular formula is C16H25N3O. The summed E-state index contributed by atoms with van der Waals surface area (Å²) < 4.78 is 0. The average molecular weight is 275 g/mol. The minimum atomic E-state index is 0.0657. The number of nitrogens with zero attached hydrogens (tertiary/aromatic N) is 1. The summed E-state index contributed by atoms with van der Waals surface area (Å²) in [5, 5.41) is 2.98. The van der Waals surface area contributed by atoms with Crippen LogP contribution in [0.1, 0.15) is 25.3 Å². The molecule has 0 bridgehead atoms. The predicted octanol–water partition coefficient (Wildman–Crippen LogP) is 1.86. The highest BCUT2D eigenvalue weighted by Gasteiger charge is 2.20. The molecule has 1 amide bonds. The summed E-state index contributed by atoms with van der Waals surface area (Å²) in [6.45, 7) is 5.24. The van der Waals surface area contributed by atoms with Gasteiger partial charge in [0.1, 0.15) is 0 Å². The van der Waals surface area contributed by atoms with Crippen molar-refractivity contribution in [1.82, 2.24) is 4.90 Å². The molecule has 0 spiro atoms. The van der Waals surface area contributed by atoms with E-state index >= 15 is 0 Å². The van der Waals surface area contributed by atoms with Gasteiger partial charge in [0.2, 0.25) is 5.91 Å². The number of aryl methyl sites for hydroxylation is 1. The van der Waals surface area contributed by atoms with E-state index in [1.165, 1.54) is 12.0 Å². The zero-order valence-electron chi connectivity index (χ0n) is 12.3. The lowest BCUT2D eigenvalue weighted by Gasteiger charge is -2.31. The first kappa shape index (κ1) is 15.0. The standard InChI is InChI=1S/C16H25N3O/c1-2-13-5-3-7-15(9-13)18-16(20)12-19-8-4-6-14(10-17)11-19/h3,5,7,9,14H,2,4,6,8,10-12,17H2,1H3,(H,18,20). The molecule has 4 heteroatoms. The summed E-state index contributed by atoms with van der Waals surface area (Å²) in [6, 6.07) is 8.04. The molecule has 1 aliphatic heterocycles. The lowest BCUT2D eigenvalue weighted by molar-refractivity contribution is -0.117. The van der Waals surface area contributed by atoms with Crippen molar-refractivity contribution >= 4 is 11.6 Å². The Balaban J connectivity index is 1.85. The number of carbonyl (C=O) groups excluding carboxylic acids is 1. The SMILES string of the molecule is CCc1cccc(NC(=O)CN2CCCC(CN)C2)c1. The van der Waals surface area contributed by atoms with Crippen LogP contribution in [0, 0.1) is 5.92 Å². The van der Waals surface area contributed by atoms with E-state index < -0.39 is 0 Å². The van der Waals surface area contributed by atoms with Gasteiger partial charge < -0.3 is 11.1 Å². The molecule has 110 valence electrons. The van der Waals surface area contributed by atoms with Gasteiger partial charge in [-0.3, -0.25) is 9.69 Å². The monoisotopic (exact) mass is 275 g/mol. The first-order chi connectivity index (χ1) is 9.71. The van der Waals surface area contributed by atoms with E-state index in [-0.39, 0.29) is 5.91 Å². The number of anilines is 1. The van der Waals surface area contributed by atoms with Crippen molar-refractivity contribution in [3.63, 3.8) is 0 Å². The fourth-order valence-electron chi connectivity index (χ4n) is 2.76. The summed E-state index contributed by atoms with van der Waals surface area (Å²) in [5.41, 5.74) is 7.85. The topological polar surface area (TPSA) is 58.4 Å². The molecule has 1 aliphatic rings. The molecule has 1 aromatic carbocycles. The molecule has 1 aromatic rings. The van der Waals surface area contributed by atoms with Crippen molar-refractivity contribution in [3.05, 3.63) is 29.8 Å². The van der Waals surface area contributed by atoms with Crippen LogP contribution in [0.25, 0.3) is 0 Å². The maximum Gasteiger partial charge on any atom is 0.238 e. The van der Waals surface area contributed by atoms with Gasteiger partial charge in [0.15, 0.2) is 0 Å². The number of benzene rings is 1. The maximum absolute atomic E-state index is 12.1. The molecular weight excluding hydrogens is 250 g/mol. The Labute approximate surface area is 121 Å². The predicted molar refractivity (Wildman–Crippen MR) is 82.7 cm³/mol. The van der Waals surface area contributed by atoms with Crippen LogP contribution in [-0.2, 0) is 11.2 Å². The number of piperidine rings is 1. The van der Waals surface area contributed by atoms with Gasteiger partial charge in [0.25, 0.3) is 0 Å². The molecule has 1 saturated heterocycles. The number of amides is 1. The summed E-state index contributed by atoms with van der Waals surface area (Å²) in [6.07, 6.45) is 3.31. The van der Waals surface area contributed by atoms with E-state index in [2.05, 4.69) is 23.2 Å². The van der Waals surface area contributed by atoms with Crippen LogP contribution >= 0.6 is 0 Å². The van der Waals surface area contributed by atoms with E-state index in [1.54, 1.807) is 0 Å². The van der Waals surface area contributed by atoms with Gasteiger partial charge in [-0.2, -0.15) is 0 Å². The molecule has 0 radical (unpaired) electrons. The van der Waals surface area contributed by atoms with E-state index in [1.807, 2.05) is 18.2 Å². The Bertz CT molecular complexity index is 447. The van der Waals surface area contributed by atoms with Crippen molar-refractivity contribution < 1.29 is 4.79 Å². The zero-order valence-corrected chi connectivity index (χ0v) is 12.3. The second kappa shape index (κ2) is 7.41. The highest BCUT2D eigenvalue weighted by atomic mass is 16.2. The van der Waals surface area contributed by atoms with E-state index in [9.17, 15) is 4.79 Å². The van der Waals surface area contributed by atoms with Gasteiger partial charge in [-0.1, -0.05) is 19.1 Å². The molecule has 1 unspecified atom stereocenters. The normalized spacial score (nSPS) is 19.8. The third kappa shape index (κ3) is 4.32. The number of likely N-dealkylation sites (tertiary alicyclic amines) is 1. The third-order valence-electron chi connectivity index (χ3n) is 3.92. The maximum atomic E-state index is 12.1. The summed E-state index contributed by atoms with van der Waals surface area (Å²) in [4.78, 5) is 14.3. The zero-order chi connectivity index (χ0) is 14.4. The number of rotatable bonds is 5. The number of carbonyl (C=O) groups is 1. The Morgan fingerprint density at radius 2 is 2.35 bits per heavy atom. The molecule has 0 aromatic heterocycles. The summed E-state index contributed by atoms with van der Waals surface area (Å²) in [5.74, 6) is 0.607. The average Bonchev–Trinajstić information content (AvgIpc) is 2.47. The quantitative estimate of drug-likeness (QED) is 0.862. The molecule has 1 fully saturated rings. The molecule has 1 atom stereocenters. The lowest BCUT2D eigenvalue weighted by atomic mass is 9.98. The van der Waals surface area contributed by atoms with Crippen LogP contribution < -0.4 is 11.1 Å². The van der Waals surface area contributed by atoms with Gasteiger partial charge in [0, 0.05) is 12.2 Å². The fourth-order valence-corrected chi connectivity index (χ4v) is 2.76. The molecule has 0 aliphatic carbocycles. The van der Waals surface area contributed by atoms with Crippen molar-refractivity contribution in [3.8, 4) is 0 Å². The number of nitrogens with one attached hydrogen (secondary N) is 1. The van der Waals surface area contributed by atoms with E-state index in [0.717, 1.165) is 38.2 Å². The van der Waals surface area contributed by atoms with Crippen molar-refractivity contribution in [2.75, 3.05) is 31.5 Å². The number of hydrogen-bond acceptors (Lipinski definition) is 3. The van der Waals surface area contributed by atoms with Crippen molar-refractivity contribution in [2.24, 2.45) is 11.7 Å². The number of nitrogens with two attached hydrogens (primary N) is 1. The molecule has 3 N–H and O–H groups in total.